The molecule has 1 aromatic heterocycles. The van der Waals surface area contributed by atoms with Crippen LogP contribution in [0.25, 0.3) is 0 Å². The molecule has 0 spiro atoms. The van der Waals surface area contributed by atoms with Gasteiger partial charge in [-0.1, -0.05) is 13.8 Å². The van der Waals surface area contributed by atoms with Gasteiger partial charge in [0, 0.05) is 31.9 Å². The second kappa shape index (κ2) is 5.89. The lowest BCUT2D eigenvalue weighted by Gasteiger charge is -2.10. The maximum atomic E-state index is 5.77. The zero-order valence-corrected chi connectivity index (χ0v) is 11.0. The summed E-state index contributed by atoms with van der Waals surface area (Å²) < 4.78 is 7.62. The molecular weight excluding hydrogens is 202 g/mol. The number of aromatic nitrogens is 2. The Morgan fingerprint density at radius 2 is 2.06 bits per heavy atom. The fourth-order valence-electron chi connectivity index (χ4n) is 1.75. The van der Waals surface area contributed by atoms with Gasteiger partial charge in [-0.15, -0.1) is 5.10 Å². The second-order valence-electron chi connectivity index (χ2n) is 4.04. The summed E-state index contributed by atoms with van der Waals surface area (Å²) in [4.78, 5) is 2.28. The fourth-order valence-corrected chi connectivity index (χ4v) is 1.75. The van der Waals surface area contributed by atoms with E-state index in [2.05, 4.69) is 17.0 Å². The Labute approximate surface area is 98.2 Å². The van der Waals surface area contributed by atoms with Crippen molar-refractivity contribution in [3.05, 3.63) is 11.8 Å². The zero-order valence-electron chi connectivity index (χ0n) is 11.0. The van der Waals surface area contributed by atoms with E-state index in [0.717, 1.165) is 31.1 Å². The molecule has 4 heteroatoms. The number of aryl methyl sites for hydroxylation is 2. The highest BCUT2D eigenvalue weighted by Gasteiger charge is 2.21. The van der Waals surface area contributed by atoms with Crippen molar-refractivity contribution in [3.8, 4) is 5.88 Å². The average Bonchev–Trinajstić information content (AvgIpc) is 2.78. The Hall–Kier alpha value is -1.03. The summed E-state index contributed by atoms with van der Waals surface area (Å²) in [5.41, 5.74) is 1.13. The lowest BCUT2D eigenvalue weighted by molar-refractivity contribution is 0.198. The van der Waals surface area contributed by atoms with Gasteiger partial charge in [0.05, 0.1) is 0 Å². The minimum absolute atomic E-state index is 0.314. The molecule has 1 fully saturated rings. The van der Waals surface area contributed by atoms with Crippen molar-refractivity contribution in [2.24, 2.45) is 7.05 Å². The first kappa shape index (κ1) is 13.0. The van der Waals surface area contributed by atoms with E-state index in [1.165, 1.54) is 0 Å². The van der Waals surface area contributed by atoms with Crippen molar-refractivity contribution in [3.63, 3.8) is 0 Å². The van der Waals surface area contributed by atoms with Crippen molar-refractivity contribution >= 4 is 0 Å². The summed E-state index contributed by atoms with van der Waals surface area (Å²) in [6.07, 6.45) is 1.42. The summed E-state index contributed by atoms with van der Waals surface area (Å²) >= 11 is 0. The van der Waals surface area contributed by atoms with Crippen LogP contribution in [0.5, 0.6) is 5.88 Å². The Morgan fingerprint density at radius 3 is 2.50 bits per heavy atom. The molecule has 0 N–H and O–H groups in total. The smallest absolute Gasteiger partial charge is 0.233 e. The van der Waals surface area contributed by atoms with Crippen molar-refractivity contribution < 1.29 is 4.74 Å². The van der Waals surface area contributed by atoms with Gasteiger partial charge in [-0.25, -0.2) is 0 Å². The molecule has 1 unspecified atom stereocenters. The number of rotatable bonds is 2. The predicted molar refractivity (Wildman–Crippen MR) is 65.8 cm³/mol. The maximum absolute atomic E-state index is 5.77. The highest BCUT2D eigenvalue weighted by atomic mass is 16.5. The standard InChI is InChI=1S/C10H17N3O.C2H6/c1-8-6-10(11-13(8)3)14-9-4-5-12(2)7-9;1-2/h6,9H,4-5,7H2,1-3H3;1-2H3. The van der Waals surface area contributed by atoms with E-state index in [9.17, 15) is 0 Å². The lowest BCUT2D eigenvalue weighted by Crippen LogP contribution is -2.21. The van der Waals surface area contributed by atoms with Gasteiger partial charge in [0.2, 0.25) is 5.88 Å². The number of hydrogen-bond donors (Lipinski definition) is 0. The molecule has 1 aliphatic rings. The molecule has 1 saturated heterocycles. The summed E-state index contributed by atoms with van der Waals surface area (Å²) in [6.45, 7) is 8.16. The predicted octanol–water partition coefficient (Wildman–Crippen LogP) is 1.84. The van der Waals surface area contributed by atoms with Gasteiger partial charge in [-0.2, -0.15) is 0 Å². The number of nitrogens with zero attached hydrogens (tertiary/aromatic N) is 3. The van der Waals surface area contributed by atoms with Crippen LogP contribution in [0.15, 0.2) is 6.07 Å². The Morgan fingerprint density at radius 1 is 1.38 bits per heavy atom. The third-order valence-electron chi connectivity index (χ3n) is 2.73. The number of likely N-dealkylation sites (N-methyl/N-ethyl adjacent to an activating group) is 1. The average molecular weight is 225 g/mol. The first-order valence-electron chi connectivity index (χ1n) is 6.01. The monoisotopic (exact) mass is 225 g/mol. The normalized spacial score (nSPS) is 20.4. The highest BCUT2D eigenvalue weighted by Crippen LogP contribution is 2.16. The summed E-state index contributed by atoms with van der Waals surface area (Å²) in [7, 11) is 4.05. The van der Waals surface area contributed by atoms with Crippen LogP contribution >= 0.6 is 0 Å². The molecule has 2 rings (SSSR count). The minimum atomic E-state index is 0.314. The van der Waals surface area contributed by atoms with Crippen molar-refractivity contribution in [1.29, 1.82) is 0 Å². The van der Waals surface area contributed by atoms with Crippen molar-refractivity contribution in [1.82, 2.24) is 14.7 Å². The van der Waals surface area contributed by atoms with E-state index < -0.39 is 0 Å². The largest absolute Gasteiger partial charge is 0.472 e. The molecule has 1 atom stereocenters. The quantitative estimate of drug-likeness (QED) is 0.769. The van der Waals surface area contributed by atoms with Gasteiger partial charge in [0.25, 0.3) is 0 Å². The van der Waals surface area contributed by atoms with Gasteiger partial charge in [0.15, 0.2) is 0 Å². The van der Waals surface area contributed by atoms with Gasteiger partial charge >= 0.3 is 0 Å². The van der Waals surface area contributed by atoms with E-state index >= 15 is 0 Å². The molecule has 0 aromatic carbocycles. The molecule has 92 valence electrons. The third kappa shape index (κ3) is 3.23. The number of hydrogen-bond acceptors (Lipinski definition) is 3. The van der Waals surface area contributed by atoms with Crippen LogP contribution in [0.3, 0.4) is 0 Å². The number of ether oxygens (including phenoxy) is 1. The first-order valence-corrected chi connectivity index (χ1v) is 6.01. The Balaban J connectivity index is 0.000000606. The SMILES string of the molecule is CC.Cc1cc(OC2CCN(C)C2)nn1C. The molecule has 1 aliphatic heterocycles. The molecule has 0 saturated carbocycles. The van der Waals surface area contributed by atoms with Crippen LogP contribution in [-0.4, -0.2) is 40.9 Å². The summed E-state index contributed by atoms with van der Waals surface area (Å²) in [5, 5.41) is 4.27. The second-order valence-corrected chi connectivity index (χ2v) is 4.04. The highest BCUT2D eigenvalue weighted by molar-refractivity contribution is 5.14. The lowest BCUT2D eigenvalue weighted by atomic mass is 10.3. The van der Waals surface area contributed by atoms with Crippen molar-refractivity contribution in [2.75, 3.05) is 20.1 Å². The molecule has 4 nitrogen and oxygen atoms in total. The molecule has 2 heterocycles. The van der Waals surface area contributed by atoms with Crippen LogP contribution in [0, 0.1) is 6.92 Å². The van der Waals surface area contributed by atoms with E-state index in [1.54, 1.807) is 0 Å². The molecule has 0 radical (unpaired) electrons. The molecule has 0 aliphatic carbocycles. The van der Waals surface area contributed by atoms with Gasteiger partial charge in [-0.3, -0.25) is 4.68 Å². The van der Waals surface area contributed by atoms with Crippen LogP contribution in [0.4, 0.5) is 0 Å². The molecule has 16 heavy (non-hydrogen) atoms. The Bertz CT molecular complexity index is 303. The van der Waals surface area contributed by atoms with E-state index in [1.807, 2.05) is 38.6 Å². The molecule has 0 bridgehead atoms. The molecule has 1 aromatic rings. The summed E-state index contributed by atoms with van der Waals surface area (Å²) in [5.74, 6) is 0.755. The zero-order chi connectivity index (χ0) is 12.1. The fraction of sp³-hybridized carbons (Fsp3) is 0.750. The van der Waals surface area contributed by atoms with E-state index in [-0.39, 0.29) is 0 Å². The van der Waals surface area contributed by atoms with Gasteiger partial charge in [-0.05, 0) is 20.4 Å². The number of likely N-dealkylation sites (tertiary alicyclic amines) is 1. The third-order valence-corrected chi connectivity index (χ3v) is 2.73. The van der Waals surface area contributed by atoms with E-state index in [4.69, 9.17) is 4.74 Å². The van der Waals surface area contributed by atoms with Crippen LogP contribution in [0.1, 0.15) is 26.0 Å². The minimum Gasteiger partial charge on any atom is -0.472 e. The van der Waals surface area contributed by atoms with Gasteiger partial charge in [0.1, 0.15) is 6.10 Å². The molecular formula is C12H23N3O. The van der Waals surface area contributed by atoms with Gasteiger partial charge < -0.3 is 9.64 Å². The van der Waals surface area contributed by atoms with E-state index in [0.29, 0.717) is 6.10 Å². The molecule has 0 amide bonds. The van der Waals surface area contributed by atoms with Crippen LogP contribution in [0.2, 0.25) is 0 Å². The Kier molecular flexibility index (Phi) is 4.80. The summed E-state index contributed by atoms with van der Waals surface area (Å²) in [6, 6.07) is 1.98. The van der Waals surface area contributed by atoms with Crippen molar-refractivity contribution in [2.45, 2.75) is 33.3 Å². The first-order chi connectivity index (χ1) is 7.65. The van der Waals surface area contributed by atoms with Crippen LogP contribution < -0.4 is 4.74 Å². The maximum Gasteiger partial charge on any atom is 0.233 e. The van der Waals surface area contributed by atoms with Crippen LogP contribution in [-0.2, 0) is 7.05 Å². The topological polar surface area (TPSA) is 30.3 Å².